The molecule has 10 heteroatoms. The van der Waals surface area contributed by atoms with Crippen LogP contribution in [0, 0.1) is 5.92 Å². The Bertz CT molecular complexity index is 1660. The van der Waals surface area contributed by atoms with Crippen LogP contribution in [0.15, 0.2) is 89.6 Å². The molecule has 3 aromatic rings. The molecule has 4 rings (SSSR count). The fraction of sp³-hybridized carbons (Fsp3) is 0.452. The van der Waals surface area contributed by atoms with E-state index >= 15 is 0 Å². The summed E-state index contributed by atoms with van der Waals surface area (Å²) in [6.45, 7) is 5.77. The second kappa shape index (κ2) is 19.4. The number of benzene rings is 3. The van der Waals surface area contributed by atoms with Crippen molar-refractivity contribution < 1.29 is 14.7 Å². The maximum absolute atomic E-state index is 10.7. The van der Waals surface area contributed by atoms with Crippen molar-refractivity contribution in [3.63, 3.8) is 0 Å². The molecule has 4 N–H and O–H groups in total. The zero-order valence-corrected chi connectivity index (χ0v) is 32.8. The predicted octanol–water partition coefficient (Wildman–Crippen LogP) is 5.84. The Morgan fingerprint density at radius 2 is 1.67 bits per heavy atom. The normalized spacial score (nSPS) is 17.9. The van der Waals surface area contributed by atoms with Gasteiger partial charge < -0.3 is 35.6 Å². The van der Waals surface area contributed by atoms with Gasteiger partial charge in [0.2, 0.25) is 0 Å². The number of nitrogens with one attached hydrogen (secondary N) is 1. The maximum Gasteiger partial charge on any atom is 0.195 e. The van der Waals surface area contributed by atoms with Crippen molar-refractivity contribution in [2.24, 2.45) is 16.6 Å². The van der Waals surface area contributed by atoms with Crippen LogP contribution in [-0.4, -0.2) is 107 Å². The van der Waals surface area contributed by atoms with Crippen LogP contribution < -0.4 is 20.7 Å². The number of hydrogen-bond acceptors (Lipinski definition) is 8. The first-order valence-electron chi connectivity index (χ1n) is 18.4. The molecule has 1 fully saturated rings. The van der Waals surface area contributed by atoms with Gasteiger partial charge >= 0.3 is 0 Å². The molecule has 0 amide bonds. The zero-order valence-electron chi connectivity index (χ0n) is 32.8. The lowest BCUT2D eigenvalue weighted by atomic mass is 9.92. The van der Waals surface area contributed by atoms with E-state index in [0.29, 0.717) is 18.8 Å². The number of hydrogen-bond donors (Lipinski definition) is 3. The summed E-state index contributed by atoms with van der Waals surface area (Å²) in [6.07, 6.45) is 6.54. The van der Waals surface area contributed by atoms with Crippen LogP contribution in [0.1, 0.15) is 43.4 Å². The number of allylic oxidation sites excluding steroid dienone is 2. The molecule has 3 unspecified atom stereocenters. The molecule has 0 aromatic heterocycles. The molecule has 1 saturated heterocycles. The Hall–Kier alpha value is -4.51. The first kappa shape index (κ1) is 40.3. The molecule has 3 aromatic carbocycles. The molecular weight excluding hydrogens is 651 g/mol. The summed E-state index contributed by atoms with van der Waals surface area (Å²) in [5.74, 6) is 1.33. The molecular formula is C42H61N7O3. The number of aliphatic hydroxyl groups is 1. The van der Waals surface area contributed by atoms with Gasteiger partial charge in [0.1, 0.15) is 11.9 Å². The van der Waals surface area contributed by atoms with Crippen LogP contribution in [0.3, 0.4) is 0 Å². The average molecular weight is 712 g/mol. The average Bonchev–Trinajstić information content (AvgIpc) is 3.48. The van der Waals surface area contributed by atoms with Crippen LogP contribution in [0.5, 0.6) is 5.75 Å². The van der Waals surface area contributed by atoms with Crippen LogP contribution >= 0.6 is 0 Å². The second-order valence-corrected chi connectivity index (χ2v) is 13.9. The van der Waals surface area contributed by atoms with Gasteiger partial charge in [-0.1, -0.05) is 74.5 Å². The van der Waals surface area contributed by atoms with Gasteiger partial charge in [-0.25, -0.2) is 0 Å². The van der Waals surface area contributed by atoms with Gasteiger partial charge in [-0.05, 0) is 54.2 Å². The first-order chi connectivity index (χ1) is 25.0. The smallest absolute Gasteiger partial charge is 0.195 e. The van der Waals surface area contributed by atoms with E-state index in [1.807, 2.05) is 49.1 Å². The minimum atomic E-state index is -0.361. The summed E-state index contributed by atoms with van der Waals surface area (Å²) in [6, 6.07) is 23.2. The molecule has 3 atom stereocenters. The lowest BCUT2D eigenvalue weighted by Gasteiger charge is -2.27. The van der Waals surface area contributed by atoms with Crippen molar-refractivity contribution in [2.45, 2.75) is 51.8 Å². The van der Waals surface area contributed by atoms with Crippen molar-refractivity contribution in [1.29, 1.82) is 0 Å². The number of methoxy groups -OCH3 is 1. The number of nitrogens with zero attached hydrogens (tertiary/aromatic N) is 5. The number of aliphatic hydroxyl groups excluding tert-OH is 1. The molecule has 1 heterocycles. The summed E-state index contributed by atoms with van der Waals surface area (Å²) in [5.41, 5.74) is 15.0. The van der Waals surface area contributed by atoms with E-state index in [4.69, 9.17) is 20.3 Å². The highest BCUT2D eigenvalue weighted by Gasteiger charge is 2.44. The number of guanidine groups is 1. The van der Waals surface area contributed by atoms with Crippen molar-refractivity contribution in [3.8, 4) is 16.9 Å². The molecule has 10 nitrogen and oxygen atoms in total. The van der Waals surface area contributed by atoms with Crippen LogP contribution in [0.4, 0.5) is 5.69 Å². The maximum atomic E-state index is 10.7. The number of anilines is 1. The molecule has 0 aliphatic carbocycles. The molecule has 1 aliphatic rings. The Kier molecular flexibility index (Phi) is 15.0. The third-order valence-corrected chi connectivity index (χ3v) is 9.33. The molecule has 0 bridgehead atoms. The number of hydroxylamine groups is 2. The molecule has 52 heavy (non-hydrogen) atoms. The third-order valence-electron chi connectivity index (χ3n) is 9.33. The number of aliphatic imine (C=N–C) groups is 1. The predicted molar refractivity (Wildman–Crippen MR) is 216 cm³/mol. The highest BCUT2D eigenvalue weighted by atomic mass is 16.7. The SMILES string of the molecule is CC/C=C(\N)C1C(CO)C(CN=C(N(C)C)N(C)C)ON1Cc1cccc(-c2cc(/C(=C\CC)NCCc3ccccc3)cc(N(C)C)c2)c1OC. The van der Waals surface area contributed by atoms with E-state index in [1.54, 1.807) is 7.11 Å². The second-order valence-electron chi connectivity index (χ2n) is 13.9. The Labute approximate surface area is 312 Å². The summed E-state index contributed by atoms with van der Waals surface area (Å²) in [5, 5.41) is 16.3. The fourth-order valence-electron chi connectivity index (χ4n) is 6.89. The van der Waals surface area contributed by atoms with E-state index in [9.17, 15) is 5.11 Å². The van der Waals surface area contributed by atoms with E-state index in [1.165, 1.54) is 5.56 Å². The van der Waals surface area contributed by atoms with Crippen molar-refractivity contribution >= 4 is 17.3 Å². The minimum Gasteiger partial charge on any atom is -0.496 e. The molecule has 282 valence electrons. The molecule has 0 spiro atoms. The summed E-state index contributed by atoms with van der Waals surface area (Å²) in [7, 11) is 13.7. The first-order valence-corrected chi connectivity index (χ1v) is 18.4. The van der Waals surface area contributed by atoms with E-state index in [2.05, 4.69) is 111 Å². The molecule has 0 radical (unpaired) electrons. The molecule has 0 saturated carbocycles. The Morgan fingerprint density at radius 1 is 0.962 bits per heavy atom. The topological polar surface area (TPSA) is 102 Å². The van der Waals surface area contributed by atoms with Gasteiger partial charge in [0.05, 0.1) is 32.8 Å². The molecule has 1 aliphatic heterocycles. The number of nitrogens with two attached hydrogens (primary N) is 1. The van der Waals surface area contributed by atoms with Gasteiger partial charge in [0, 0.05) is 83.0 Å². The summed E-state index contributed by atoms with van der Waals surface area (Å²) in [4.78, 5) is 17.6. The number of ether oxygens (including phenoxy) is 1. The van der Waals surface area contributed by atoms with Crippen molar-refractivity contribution in [1.82, 2.24) is 20.2 Å². The van der Waals surface area contributed by atoms with Crippen LogP contribution in [0.25, 0.3) is 16.8 Å². The Morgan fingerprint density at radius 3 is 2.29 bits per heavy atom. The summed E-state index contributed by atoms with van der Waals surface area (Å²) < 4.78 is 6.20. The Balaban J connectivity index is 1.70. The van der Waals surface area contributed by atoms with Gasteiger partial charge in [-0.2, -0.15) is 5.06 Å². The van der Waals surface area contributed by atoms with Gasteiger partial charge in [0.25, 0.3) is 0 Å². The highest BCUT2D eigenvalue weighted by Crippen LogP contribution is 2.39. The van der Waals surface area contributed by atoms with Crippen LogP contribution in [0.2, 0.25) is 0 Å². The lowest BCUT2D eigenvalue weighted by Crippen LogP contribution is -2.39. The number of para-hydroxylation sites is 1. The van der Waals surface area contributed by atoms with E-state index in [-0.39, 0.29) is 24.7 Å². The van der Waals surface area contributed by atoms with Crippen molar-refractivity contribution in [2.75, 3.05) is 74.0 Å². The standard InChI is InChI=1S/C42H61N7O3/c1-10-16-37(43)40-36(29-50)39(27-45-42(47(5)6)48(7)8)52-49(40)28-31-20-15-21-35(41(31)51-9)32-24-33(26-34(25-32)46(3)4)38(17-11-2)44-23-22-30-18-13-12-14-19-30/h12-21,24-26,36,39-40,44,50H,10-11,22-23,27-29,43H2,1-9H3/b37-16-,38-17+. The summed E-state index contributed by atoms with van der Waals surface area (Å²) >= 11 is 0. The van der Waals surface area contributed by atoms with Gasteiger partial charge in [-0.3, -0.25) is 9.83 Å². The third kappa shape index (κ3) is 10.1. The fourth-order valence-corrected chi connectivity index (χ4v) is 6.89. The van der Waals surface area contributed by atoms with E-state index < -0.39 is 0 Å². The number of rotatable bonds is 16. The lowest BCUT2D eigenvalue weighted by molar-refractivity contribution is -0.162. The van der Waals surface area contributed by atoms with Crippen molar-refractivity contribution in [3.05, 3.63) is 101 Å². The van der Waals surface area contributed by atoms with Gasteiger partial charge in [-0.15, -0.1) is 0 Å². The quantitative estimate of drug-likeness (QED) is 0.125. The van der Waals surface area contributed by atoms with E-state index in [0.717, 1.165) is 71.2 Å². The van der Waals surface area contributed by atoms with Gasteiger partial charge in [0.15, 0.2) is 5.96 Å². The van der Waals surface area contributed by atoms with Crippen LogP contribution in [-0.2, 0) is 17.8 Å². The minimum absolute atomic E-state index is 0.0802. The largest absolute Gasteiger partial charge is 0.496 e. The monoisotopic (exact) mass is 711 g/mol. The zero-order chi connectivity index (χ0) is 37.8. The highest BCUT2D eigenvalue weighted by molar-refractivity contribution is 5.80.